The average Bonchev–Trinajstić information content (AvgIpc) is 2.45. The number of aryl methyl sites for hydroxylation is 1. The molecule has 14 heavy (non-hydrogen) atoms. The number of aromatic nitrogens is 2. The fourth-order valence-electron chi connectivity index (χ4n) is 1.05. The van der Waals surface area contributed by atoms with Crippen LogP contribution in [0.1, 0.15) is 17.4 Å². The van der Waals surface area contributed by atoms with Crippen LogP contribution < -0.4 is 0 Å². The van der Waals surface area contributed by atoms with E-state index in [-0.39, 0.29) is 0 Å². The minimum Gasteiger partial charge on any atom is -0.386 e. The van der Waals surface area contributed by atoms with Gasteiger partial charge in [0.2, 0.25) is 0 Å². The summed E-state index contributed by atoms with van der Waals surface area (Å²) < 4.78 is 49.6. The van der Waals surface area contributed by atoms with Gasteiger partial charge >= 0.3 is 6.18 Å². The minimum absolute atomic E-state index is 0.539. The van der Waals surface area contributed by atoms with Gasteiger partial charge in [0.1, 0.15) is 12.8 Å². The summed E-state index contributed by atoms with van der Waals surface area (Å²) in [5.74, 6) is 0. The lowest BCUT2D eigenvalue weighted by atomic mass is 10.1. The lowest BCUT2D eigenvalue weighted by Crippen LogP contribution is -2.12. The first-order valence-corrected chi connectivity index (χ1v) is 3.71. The van der Waals surface area contributed by atoms with Crippen molar-refractivity contribution in [3.63, 3.8) is 0 Å². The van der Waals surface area contributed by atoms with Gasteiger partial charge in [0, 0.05) is 18.8 Å². The van der Waals surface area contributed by atoms with E-state index < -0.39 is 30.2 Å². The van der Waals surface area contributed by atoms with Crippen LogP contribution in [0.4, 0.5) is 17.6 Å². The first-order valence-electron chi connectivity index (χ1n) is 3.71. The fraction of sp³-hybridized carbons (Fsp3) is 0.571. The second kappa shape index (κ2) is 3.56. The van der Waals surface area contributed by atoms with Crippen LogP contribution in [-0.2, 0) is 13.2 Å². The van der Waals surface area contributed by atoms with Gasteiger partial charge in [-0.3, -0.25) is 4.68 Å². The molecular weight excluding hydrogens is 204 g/mol. The highest BCUT2D eigenvalue weighted by Gasteiger charge is 2.38. The van der Waals surface area contributed by atoms with Crippen molar-refractivity contribution in [3.05, 3.63) is 17.5 Å². The second-order valence-electron chi connectivity index (χ2n) is 2.77. The standard InChI is InChI=1S/C7H8F4N2O/c1-13-3-4(5(14)2-8)6(12-13)7(9,10)11/h3,5,14H,2H2,1H3. The largest absolute Gasteiger partial charge is 0.435 e. The van der Waals surface area contributed by atoms with E-state index in [1.54, 1.807) is 0 Å². The van der Waals surface area contributed by atoms with Crippen molar-refractivity contribution in [1.82, 2.24) is 9.78 Å². The number of aliphatic hydroxyl groups excluding tert-OH is 1. The average molecular weight is 212 g/mol. The summed E-state index contributed by atoms with van der Waals surface area (Å²) in [4.78, 5) is 0. The Morgan fingerprint density at radius 3 is 2.57 bits per heavy atom. The van der Waals surface area contributed by atoms with E-state index in [0.717, 1.165) is 10.9 Å². The molecule has 1 unspecified atom stereocenters. The molecule has 0 radical (unpaired) electrons. The third-order valence-corrected chi connectivity index (χ3v) is 1.63. The zero-order valence-corrected chi connectivity index (χ0v) is 7.22. The molecule has 1 atom stereocenters. The monoisotopic (exact) mass is 212 g/mol. The van der Waals surface area contributed by atoms with Crippen molar-refractivity contribution in [2.75, 3.05) is 6.67 Å². The first-order chi connectivity index (χ1) is 6.36. The van der Waals surface area contributed by atoms with Gasteiger partial charge in [-0.25, -0.2) is 4.39 Å². The molecule has 1 rings (SSSR count). The molecule has 0 aliphatic rings. The van der Waals surface area contributed by atoms with Crippen molar-refractivity contribution in [2.45, 2.75) is 12.3 Å². The molecule has 1 heterocycles. The Bertz CT molecular complexity index is 320. The lowest BCUT2D eigenvalue weighted by molar-refractivity contribution is -0.143. The highest BCUT2D eigenvalue weighted by molar-refractivity contribution is 5.22. The second-order valence-corrected chi connectivity index (χ2v) is 2.77. The highest BCUT2D eigenvalue weighted by Crippen LogP contribution is 2.33. The minimum atomic E-state index is -4.67. The summed E-state index contributed by atoms with van der Waals surface area (Å²) >= 11 is 0. The van der Waals surface area contributed by atoms with Gasteiger partial charge < -0.3 is 5.11 Å². The molecule has 0 saturated carbocycles. The summed E-state index contributed by atoms with van der Waals surface area (Å²) in [6, 6.07) is 0. The van der Waals surface area contributed by atoms with Gasteiger partial charge in [-0.1, -0.05) is 0 Å². The molecule has 0 amide bonds. The molecule has 0 aliphatic heterocycles. The van der Waals surface area contributed by atoms with Gasteiger partial charge in [-0.15, -0.1) is 0 Å². The summed E-state index contributed by atoms with van der Waals surface area (Å²) in [5, 5.41) is 12.1. The van der Waals surface area contributed by atoms with E-state index in [9.17, 15) is 17.6 Å². The maximum Gasteiger partial charge on any atom is 0.435 e. The van der Waals surface area contributed by atoms with E-state index in [1.807, 2.05) is 0 Å². The zero-order valence-electron chi connectivity index (χ0n) is 7.22. The predicted molar refractivity (Wildman–Crippen MR) is 39.1 cm³/mol. The number of rotatable bonds is 2. The maximum absolute atomic E-state index is 12.2. The van der Waals surface area contributed by atoms with E-state index in [0.29, 0.717) is 0 Å². The number of hydrogen-bond donors (Lipinski definition) is 1. The molecule has 0 saturated heterocycles. The Labute approximate surface area is 77.0 Å². The van der Waals surface area contributed by atoms with Gasteiger partial charge in [0.05, 0.1) is 0 Å². The van der Waals surface area contributed by atoms with Crippen molar-refractivity contribution >= 4 is 0 Å². The number of nitrogens with zero attached hydrogens (tertiary/aromatic N) is 2. The molecule has 3 nitrogen and oxygen atoms in total. The summed E-state index contributed by atoms with van der Waals surface area (Å²) in [6.07, 6.45) is -5.50. The predicted octanol–water partition coefficient (Wildman–Crippen LogP) is 1.44. The molecule has 80 valence electrons. The summed E-state index contributed by atoms with van der Waals surface area (Å²) in [5.41, 5.74) is -1.78. The third kappa shape index (κ3) is 2.03. The van der Waals surface area contributed by atoms with Crippen LogP contribution in [0.2, 0.25) is 0 Å². The molecule has 0 spiro atoms. The zero-order chi connectivity index (χ0) is 10.9. The number of halogens is 4. The molecule has 1 N–H and O–H groups in total. The normalized spacial score (nSPS) is 14.4. The van der Waals surface area contributed by atoms with Crippen molar-refractivity contribution in [2.24, 2.45) is 7.05 Å². The van der Waals surface area contributed by atoms with Crippen molar-refractivity contribution in [1.29, 1.82) is 0 Å². The molecule has 0 aliphatic carbocycles. The molecular formula is C7H8F4N2O. The third-order valence-electron chi connectivity index (χ3n) is 1.63. The SMILES string of the molecule is Cn1cc(C(O)CF)c(C(F)(F)F)n1. The van der Waals surface area contributed by atoms with E-state index in [4.69, 9.17) is 5.11 Å². The van der Waals surface area contributed by atoms with Crippen LogP contribution in [0, 0.1) is 0 Å². The van der Waals surface area contributed by atoms with E-state index in [1.165, 1.54) is 7.05 Å². The number of aliphatic hydroxyl groups is 1. The summed E-state index contributed by atoms with van der Waals surface area (Å²) in [7, 11) is 1.27. The Morgan fingerprint density at radius 2 is 2.14 bits per heavy atom. The van der Waals surface area contributed by atoms with Crippen LogP contribution in [0.25, 0.3) is 0 Å². The van der Waals surface area contributed by atoms with Crippen LogP contribution in [-0.4, -0.2) is 21.6 Å². The van der Waals surface area contributed by atoms with Gasteiger partial charge in [0.15, 0.2) is 5.69 Å². The Balaban J connectivity index is 3.16. The van der Waals surface area contributed by atoms with E-state index >= 15 is 0 Å². The van der Waals surface area contributed by atoms with Crippen molar-refractivity contribution < 1.29 is 22.7 Å². The first kappa shape index (κ1) is 11.0. The fourth-order valence-corrected chi connectivity index (χ4v) is 1.05. The molecule has 1 aromatic heterocycles. The van der Waals surface area contributed by atoms with Crippen LogP contribution in [0.15, 0.2) is 6.20 Å². The van der Waals surface area contributed by atoms with E-state index in [2.05, 4.69) is 5.10 Å². The number of alkyl halides is 4. The van der Waals surface area contributed by atoms with Crippen LogP contribution in [0.3, 0.4) is 0 Å². The smallest absolute Gasteiger partial charge is 0.386 e. The molecule has 0 bridgehead atoms. The Kier molecular flexibility index (Phi) is 2.79. The maximum atomic E-state index is 12.2. The van der Waals surface area contributed by atoms with Gasteiger partial charge in [0.25, 0.3) is 0 Å². The molecule has 1 aromatic rings. The quantitative estimate of drug-likeness (QED) is 0.753. The van der Waals surface area contributed by atoms with Crippen molar-refractivity contribution in [3.8, 4) is 0 Å². The van der Waals surface area contributed by atoms with Crippen LogP contribution in [0.5, 0.6) is 0 Å². The molecule has 0 aromatic carbocycles. The summed E-state index contributed by atoms with van der Waals surface area (Å²) in [6.45, 7) is -1.27. The molecule has 0 fully saturated rings. The lowest BCUT2D eigenvalue weighted by Gasteiger charge is -2.08. The number of hydrogen-bond acceptors (Lipinski definition) is 2. The van der Waals surface area contributed by atoms with Gasteiger partial charge in [-0.2, -0.15) is 18.3 Å². The molecule has 7 heteroatoms. The topological polar surface area (TPSA) is 38.0 Å². The van der Waals surface area contributed by atoms with Crippen LogP contribution >= 0.6 is 0 Å². The Hall–Kier alpha value is -1.11. The Morgan fingerprint density at radius 1 is 1.57 bits per heavy atom. The highest BCUT2D eigenvalue weighted by atomic mass is 19.4. The van der Waals surface area contributed by atoms with Gasteiger partial charge in [-0.05, 0) is 0 Å².